The standard InChI is InChI=1S/C18H14ClF3N2O/c1-10(7-15-16(21)8-14(20)9-17(15)22)23-24-11(2)18(25)12-3-5-13(19)6-4-12/h3-6,8-9H,7H2,1-2H3. The Morgan fingerprint density at radius 2 is 1.56 bits per heavy atom. The molecule has 0 N–H and O–H groups in total. The summed E-state index contributed by atoms with van der Waals surface area (Å²) >= 11 is 5.76. The molecule has 0 aromatic heterocycles. The van der Waals surface area contributed by atoms with Crippen LogP contribution in [0.1, 0.15) is 29.8 Å². The number of hydrogen-bond donors (Lipinski definition) is 0. The van der Waals surface area contributed by atoms with Crippen molar-refractivity contribution >= 4 is 28.8 Å². The van der Waals surface area contributed by atoms with Crippen LogP contribution in [0.3, 0.4) is 0 Å². The van der Waals surface area contributed by atoms with E-state index in [0.29, 0.717) is 22.7 Å². The molecule has 7 heteroatoms. The fourth-order valence-electron chi connectivity index (χ4n) is 2.05. The summed E-state index contributed by atoms with van der Waals surface area (Å²) in [6, 6.07) is 7.48. The minimum Gasteiger partial charge on any atom is -0.287 e. The maximum Gasteiger partial charge on any atom is 0.208 e. The maximum absolute atomic E-state index is 13.6. The van der Waals surface area contributed by atoms with Gasteiger partial charge in [0, 0.05) is 40.4 Å². The van der Waals surface area contributed by atoms with Gasteiger partial charge in [0.2, 0.25) is 5.78 Å². The Morgan fingerprint density at radius 3 is 2.12 bits per heavy atom. The zero-order valence-electron chi connectivity index (χ0n) is 13.5. The van der Waals surface area contributed by atoms with E-state index in [-0.39, 0.29) is 29.2 Å². The number of benzene rings is 2. The van der Waals surface area contributed by atoms with Crippen LogP contribution in [-0.2, 0) is 6.42 Å². The van der Waals surface area contributed by atoms with Gasteiger partial charge >= 0.3 is 0 Å². The Kier molecular flexibility index (Phi) is 6.09. The minimum atomic E-state index is -0.995. The number of nitrogens with zero attached hydrogens (tertiary/aromatic N) is 2. The van der Waals surface area contributed by atoms with Gasteiger partial charge in [-0.15, -0.1) is 0 Å². The molecule has 0 spiro atoms. The number of rotatable bonds is 5. The van der Waals surface area contributed by atoms with E-state index in [0.717, 1.165) is 0 Å². The molecule has 2 aromatic carbocycles. The monoisotopic (exact) mass is 366 g/mol. The van der Waals surface area contributed by atoms with Gasteiger partial charge in [-0.3, -0.25) is 4.79 Å². The van der Waals surface area contributed by atoms with Gasteiger partial charge in [0.25, 0.3) is 0 Å². The summed E-state index contributed by atoms with van der Waals surface area (Å²) in [4.78, 5) is 12.2. The van der Waals surface area contributed by atoms with Crippen LogP contribution in [0, 0.1) is 17.5 Å². The summed E-state index contributed by atoms with van der Waals surface area (Å²) in [5, 5.41) is 8.12. The molecule has 0 aliphatic carbocycles. The van der Waals surface area contributed by atoms with Crippen molar-refractivity contribution in [3.63, 3.8) is 0 Å². The normalized spacial score (nSPS) is 12.4. The summed E-state index contributed by atoms with van der Waals surface area (Å²) in [6.07, 6.45) is -0.191. The zero-order chi connectivity index (χ0) is 18.6. The minimum absolute atomic E-state index is 0.113. The number of halogens is 4. The van der Waals surface area contributed by atoms with E-state index in [9.17, 15) is 18.0 Å². The molecule has 2 rings (SSSR count). The van der Waals surface area contributed by atoms with Crippen LogP contribution in [-0.4, -0.2) is 17.2 Å². The van der Waals surface area contributed by atoms with Crippen molar-refractivity contribution in [3.8, 4) is 0 Å². The average molecular weight is 367 g/mol. The molecule has 0 heterocycles. The lowest BCUT2D eigenvalue weighted by Gasteiger charge is -2.04. The second kappa shape index (κ2) is 8.07. The Balaban J connectivity index is 2.15. The highest BCUT2D eigenvalue weighted by atomic mass is 35.5. The molecule has 0 radical (unpaired) electrons. The zero-order valence-corrected chi connectivity index (χ0v) is 14.2. The van der Waals surface area contributed by atoms with Crippen LogP contribution >= 0.6 is 11.6 Å². The van der Waals surface area contributed by atoms with Gasteiger partial charge in [-0.05, 0) is 38.1 Å². The molecule has 0 fully saturated rings. The molecule has 2 aromatic rings. The van der Waals surface area contributed by atoms with Gasteiger partial charge in [-0.2, -0.15) is 10.2 Å². The second-order valence-corrected chi connectivity index (χ2v) is 5.82. The van der Waals surface area contributed by atoms with Crippen molar-refractivity contribution in [1.29, 1.82) is 0 Å². The van der Waals surface area contributed by atoms with E-state index in [2.05, 4.69) is 10.2 Å². The van der Waals surface area contributed by atoms with E-state index in [1.165, 1.54) is 13.8 Å². The van der Waals surface area contributed by atoms with Gasteiger partial charge in [0.05, 0.1) is 0 Å². The highest BCUT2D eigenvalue weighted by molar-refractivity contribution is 6.45. The topological polar surface area (TPSA) is 41.8 Å². The lowest BCUT2D eigenvalue weighted by atomic mass is 10.1. The van der Waals surface area contributed by atoms with Crippen molar-refractivity contribution in [1.82, 2.24) is 0 Å². The fourth-order valence-corrected chi connectivity index (χ4v) is 2.17. The van der Waals surface area contributed by atoms with Crippen LogP contribution in [0.15, 0.2) is 46.6 Å². The van der Waals surface area contributed by atoms with Crippen LogP contribution in [0.25, 0.3) is 0 Å². The van der Waals surface area contributed by atoms with E-state index in [4.69, 9.17) is 11.6 Å². The molecule has 0 amide bonds. The van der Waals surface area contributed by atoms with Crippen LogP contribution in [0.4, 0.5) is 13.2 Å². The van der Waals surface area contributed by atoms with Gasteiger partial charge in [-0.25, -0.2) is 13.2 Å². The molecular weight excluding hydrogens is 353 g/mol. The van der Waals surface area contributed by atoms with E-state index >= 15 is 0 Å². The quantitative estimate of drug-likeness (QED) is 0.416. The number of carbonyl (C=O) groups is 1. The third kappa shape index (κ3) is 5.00. The van der Waals surface area contributed by atoms with Crippen LogP contribution in [0.2, 0.25) is 5.02 Å². The van der Waals surface area contributed by atoms with Gasteiger partial charge in [-0.1, -0.05) is 11.6 Å². The summed E-state index contributed by atoms with van der Waals surface area (Å²) in [5.74, 6) is -3.32. The number of hydrogen-bond acceptors (Lipinski definition) is 3. The fraction of sp³-hybridized carbons (Fsp3) is 0.167. The predicted octanol–water partition coefficient (Wildman–Crippen LogP) is 5.02. The Hall–Kier alpha value is -2.47. The highest BCUT2D eigenvalue weighted by Crippen LogP contribution is 2.16. The lowest BCUT2D eigenvalue weighted by molar-refractivity contribution is 0.106. The largest absolute Gasteiger partial charge is 0.287 e. The molecule has 0 bridgehead atoms. The first-order valence-electron chi connectivity index (χ1n) is 7.29. The Morgan fingerprint density at radius 1 is 1.00 bits per heavy atom. The van der Waals surface area contributed by atoms with Crippen LogP contribution in [0.5, 0.6) is 0 Å². The summed E-state index contributed by atoms with van der Waals surface area (Å²) < 4.78 is 40.1. The van der Waals surface area contributed by atoms with Gasteiger partial charge in [0.15, 0.2) is 0 Å². The molecule has 0 saturated carbocycles. The summed E-state index contributed by atoms with van der Waals surface area (Å²) in [6.45, 7) is 2.98. The molecule has 3 nitrogen and oxygen atoms in total. The molecular formula is C18H14ClF3N2O. The molecule has 0 aliphatic heterocycles. The summed E-state index contributed by atoms with van der Waals surface area (Å²) in [7, 11) is 0. The average Bonchev–Trinajstić information content (AvgIpc) is 2.56. The van der Waals surface area contributed by atoms with Crippen LogP contribution < -0.4 is 0 Å². The SMILES string of the molecule is CC(Cc1c(F)cc(F)cc1F)=NN=C(C)C(=O)c1ccc(Cl)cc1. The van der Waals surface area contributed by atoms with Crippen molar-refractivity contribution in [2.45, 2.75) is 20.3 Å². The third-order valence-corrected chi connectivity index (χ3v) is 3.60. The molecule has 130 valence electrons. The predicted molar refractivity (Wildman–Crippen MR) is 92.0 cm³/mol. The number of carbonyl (C=O) groups excluding carboxylic acids is 1. The highest BCUT2D eigenvalue weighted by Gasteiger charge is 2.13. The maximum atomic E-state index is 13.6. The smallest absolute Gasteiger partial charge is 0.208 e. The first-order chi connectivity index (χ1) is 11.8. The Bertz CT molecular complexity index is 838. The molecule has 25 heavy (non-hydrogen) atoms. The van der Waals surface area contributed by atoms with E-state index in [1.807, 2.05) is 0 Å². The first-order valence-corrected chi connectivity index (χ1v) is 7.67. The second-order valence-electron chi connectivity index (χ2n) is 5.38. The molecule has 0 atom stereocenters. The van der Waals surface area contributed by atoms with E-state index in [1.54, 1.807) is 24.3 Å². The van der Waals surface area contributed by atoms with Crippen molar-refractivity contribution in [3.05, 3.63) is 70.0 Å². The molecule has 0 saturated heterocycles. The van der Waals surface area contributed by atoms with E-state index < -0.39 is 17.5 Å². The van der Waals surface area contributed by atoms with Gasteiger partial charge in [0.1, 0.15) is 23.2 Å². The summed E-state index contributed by atoms with van der Waals surface area (Å²) in [5.41, 5.74) is 0.475. The van der Waals surface area contributed by atoms with Crippen molar-refractivity contribution in [2.24, 2.45) is 10.2 Å². The molecule has 0 aliphatic rings. The Labute approximate surface area is 147 Å². The first kappa shape index (κ1) is 18.9. The number of Topliss-reactive ketones (excluding diaryl/α,β-unsaturated/α-hetero) is 1. The number of ketones is 1. The van der Waals surface area contributed by atoms with Gasteiger partial charge < -0.3 is 0 Å². The third-order valence-electron chi connectivity index (χ3n) is 3.34. The van der Waals surface area contributed by atoms with Crippen molar-refractivity contribution < 1.29 is 18.0 Å². The lowest BCUT2D eigenvalue weighted by Crippen LogP contribution is -2.10. The van der Waals surface area contributed by atoms with Crippen molar-refractivity contribution in [2.75, 3.05) is 0 Å². The molecule has 0 unspecified atom stereocenters.